The van der Waals surface area contributed by atoms with E-state index < -0.39 is 5.60 Å². The molecular formula is C19H36N6O2. The highest BCUT2D eigenvalue weighted by Crippen LogP contribution is 2.18. The van der Waals surface area contributed by atoms with Crippen molar-refractivity contribution in [3.63, 3.8) is 0 Å². The summed E-state index contributed by atoms with van der Waals surface area (Å²) in [6.45, 7) is 11.7. The Morgan fingerprint density at radius 2 is 1.96 bits per heavy atom. The van der Waals surface area contributed by atoms with E-state index in [1.807, 2.05) is 39.5 Å². The molecule has 0 saturated carbocycles. The summed E-state index contributed by atoms with van der Waals surface area (Å²) in [5.41, 5.74) is 1.79. The number of aliphatic imine (C=N–C) groups is 1. The standard InChI is InChI=1S/C19H36N6O2/c1-14(2)16-15(13-25(9)22-16)12-24(8)17(20-6)21-10-11-23(7)18(26)27-19(3,4)5/h13-14H,10-12H2,1-9H3,(H,20,21). The third-order valence-corrected chi connectivity index (χ3v) is 3.90. The van der Waals surface area contributed by atoms with E-state index in [-0.39, 0.29) is 6.09 Å². The molecule has 8 nitrogen and oxygen atoms in total. The first-order valence-corrected chi connectivity index (χ1v) is 9.33. The molecule has 0 aliphatic heterocycles. The molecule has 1 aromatic heterocycles. The first-order valence-electron chi connectivity index (χ1n) is 9.33. The van der Waals surface area contributed by atoms with Crippen LogP contribution in [0.15, 0.2) is 11.2 Å². The maximum Gasteiger partial charge on any atom is 0.410 e. The van der Waals surface area contributed by atoms with Crippen molar-refractivity contribution in [3.8, 4) is 0 Å². The minimum atomic E-state index is -0.493. The number of nitrogens with zero attached hydrogens (tertiary/aromatic N) is 5. The van der Waals surface area contributed by atoms with E-state index in [0.717, 1.165) is 11.7 Å². The lowest BCUT2D eigenvalue weighted by atomic mass is 10.1. The maximum atomic E-state index is 12.0. The lowest BCUT2D eigenvalue weighted by Gasteiger charge is -2.26. The molecule has 1 heterocycles. The Morgan fingerprint density at radius 3 is 2.48 bits per heavy atom. The van der Waals surface area contributed by atoms with Crippen LogP contribution in [0.25, 0.3) is 0 Å². The molecule has 0 aliphatic carbocycles. The minimum Gasteiger partial charge on any atom is -0.444 e. The summed E-state index contributed by atoms with van der Waals surface area (Å²) < 4.78 is 7.21. The van der Waals surface area contributed by atoms with Gasteiger partial charge in [0.2, 0.25) is 0 Å². The molecule has 0 radical (unpaired) electrons. The Kier molecular flexibility index (Phi) is 8.12. The molecule has 27 heavy (non-hydrogen) atoms. The van der Waals surface area contributed by atoms with Crippen LogP contribution in [0.5, 0.6) is 0 Å². The number of carbonyl (C=O) groups excluding carboxylic acids is 1. The average molecular weight is 381 g/mol. The summed E-state index contributed by atoms with van der Waals surface area (Å²) in [7, 11) is 7.41. The van der Waals surface area contributed by atoms with E-state index >= 15 is 0 Å². The number of carbonyl (C=O) groups is 1. The molecule has 0 atom stereocenters. The fourth-order valence-electron chi connectivity index (χ4n) is 2.64. The normalized spacial score (nSPS) is 12.3. The van der Waals surface area contributed by atoms with Gasteiger partial charge in [-0.05, 0) is 26.7 Å². The Hall–Kier alpha value is -2.25. The SMILES string of the molecule is CN=C(NCCN(C)C(=O)OC(C)(C)C)N(C)Cc1cn(C)nc1C(C)C. The van der Waals surface area contributed by atoms with Crippen LogP contribution < -0.4 is 5.32 Å². The number of rotatable bonds is 6. The molecule has 0 saturated heterocycles. The fourth-order valence-corrected chi connectivity index (χ4v) is 2.64. The molecule has 0 spiro atoms. The molecule has 1 aromatic rings. The third-order valence-electron chi connectivity index (χ3n) is 3.90. The van der Waals surface area contributed by atoms with E-state index in [9.17, 15) is 4.79 Å². The number of ether oxygens (including phenoxy) is 1. The number of amides is 1. The van der Waals surface area contributed by atoms with Gasteiger partial charge in [0.1, 0.15) is 5.60 Å². The highest BCUT2D eigenvalue weighted by atomic mass is 16.6. The summed E-state index contributed by atoms with van der Waals surface area (Å²) in [5.74, 6) is 1.14. The zero-order valence-electron chi connectivity index (χ0n) is 18.3. The van der Waals surface area contributed by atoms with Gasteiger partial charge in [0, 0.05) is 59.6 Å². The highest BCUT2D eigenvalue weighted by molar-refractivity contribution is 5.79. The van der Waals surface area contributed by atoms with Gasteiger partial charge in [-0.1, -0.05) is 13.8 Å². The number of hydrogen-bond donors (Lipinski definition) is 1. The number of nitrogens with one attached hydrogen (secondary N) is 1. The fraction of sp³-hybridized carbons (Fsp3) is 0.737. The summed E-state index contributed by atoms with van der Waals surface area (Å²) >= 11 is 0. The van der Waals surface area contributed by atoms with Crippen LogP contribution in [0.4, 0.5) is 4.79 Å². The lowest BCUT2D eigenvalue weighted by Crippen LogP contribution is -2.43. The second-order valence-electron chi connectivity index (χ2n) is 8.10. The molecule has 0 unspecified atom stereocenters. The molecule has 1 N–H and O–H groups in total. The molecule has 1 rings (SSSR count). The van der Waals surface area contributed by atoms with Crippen LogP contribution in [-0.2, 0) is 18.3 Å². The van der Waals surface area contributed by atoms with Crippen LogP contribution >= 0.6 is 0 Å². The van der Waals surface area contributed by atoms with Crippen LogP contribution in [0.2, 0.25) is 0 Å². The number of guanidine groups is 1. The second kappa shape index (κ2) is 9.62. The first kappa shape index (κ1) is 22.8. The van der Waals surface area contributed by atoms with Crippen molar-refractivity contribution in [2.45, 2.75) is 52.7 Å². The first-order chi connectivity index (χ1) is 12.4. The van der Waals surface area contributed by atoms with Gasteiger partial charge in [0.15, 0.2) is 5.96 Å². The number of aromatic nitrogens is 2. The molecule has 154 valence electrons. The Morgan fingerprint density at radius 1 is 1.33 bits per heavy atom. The van der Waals surface area contributed by atoms with E-state index in [1.165, 1.54) is 5.56 Å². The van der Waals surface area contributed by atoms with Crippen molar-refractivity contribution in [3.05, 3.63) is 17.5 Å². The lowest BCUT2D eigenvalue weighted by molar-refractivity contribution is 0.0302. The van der Waals surface area contributed by atoms with Gasteiger partial charge in [0.25, 0.3) is 0 Å². The van der Waals surface area contributed by atoms with Gasteiger partial charge in [-0.15, -0.1) is 0 Å². The van der Waals surface area contributed by atoms with Crippen LogP contribution in [0, 0.1) is 0 Å². The van der Waals surface area contributed by atoms with Gasteiger partial charge in [-0.25, -0.2) is 4.79 Å². The van der Waals surface area contributed by atoms with E-state index in [1.54, 1.807) is 19.0 Å². The number of likely N-dealkylation sites (N-methyl/N-ethyl adjacent to an activating group) is 1. The van der Waals surface area contributed by atoms with Crippen LogP contribution in [0.3, 0.4) is 0 Å². The van der Waals surface area contributed by atoms with Gasteiger partial charge in [0.05, 0.1) is 5.69 Å². The molecule has 8 heteroatoms. The van der Waals surface area contributed by atoms with Gasteiger partial charge >= 0.3 is 6.09 Å². The topological polar surface area (TPSA) is 75.0 Å². The van der Waals surface area contributed by atoms with Crippen molar-refractivity contribution in [2.75, 3.05) is 34.2 Å². The van der Waals surface area contributed by atoms with Crippen LogP contribution in [-0.4, -0.2) is 71.5 Å². The van der Waals surface area contributed by atoms with Gasteiger partial charge in [-0.3, -0.25) is 9.67 Å². The molecule has 0 fully saturated rings. The zero-order chi connectivity index (χ0) is 20.8. The quantitative estimate of drug-likeness (QED) is 0.606. The Labute approximate surface area is 163 Å². The van der Waals surface area contributed by atoms with Gasteiger partial charge in [-0.2, -0.15) is 5.10 Å². The van der Waals surface area contributed by atoms with Crippen molar-refractivity contribution in [1.82, 2.24) is 24.9 Å². The van der Waals surface area contributed by atoms with E-state index in [2.05, 4.69) is 40.4 Å². The molecule has 0 aliphatic rings. The molecule has 0 aromatic carbocycles. The Balaban J connectivity index is 2.58. The summed E-state index contributed by atoms with van der Waals surface area (Å²) in [5, 5.41) is 7.85. The molecule has 0 bridgehead atoms. The monoisotopic (exact) mass is 380 g/mol. The van der Waals surface area contributed by atoms with Gasteiger partial charge < -0.3 is 19.9 Å². The smallest absolute Gasteiger partial charge is 0.410 e. The summed E-state index contributed by atoms with van der Waals surface area (Å²) in [6.07, 6.45) is 1.72. The predicted molar refractivity (Wildman–Crippen MR) is 109 cm³/mol. The van der Waals surface area contributed by atoms with Crippen molar-refractivity contribution in [2.24, 2.45) is 12.0 Å². The molecule has 1 amide bonds. The second-order valence-corrected chi connectivity index (χ2v) is 8.10. The summed E-state index contributed by atoms with van der Waals surface area (Å²) in [4.78, 5) is 20.0. The third kappa shape index (κ3) is 7.48. The van der Waals surface area contributed by atoms with Crippen molar-refractivity contribution in [1.29, 1.82) is 0 Å². The largest absolute Gasteiger partial charge is 0.444 e. The average Bonchev–Trinajstić information content (AvgIpc) is 2.90. The minimum absolute atomic E-state index is 0.329. The predicted octanol–water partition coefficient (Wildman–Crippen LogP) is 2.42. The number of aryl methyl sites for hydroxylation is 1. The van der Waals surface area contributed by atoms with E-state index in [4.69, 9.17) is 4.74 Å². The van der Waals surface area contributed by atoms with Crippen molar-refractivity contribution >= 4 is 12.1 Å². The summed E-state index contributed by atoms with van der Waals surface area (Å²) in [6, 6.07) is 0. The highest BCUT2D eigenvalue weighted by Gasteiger charge is 2.19. The Bertz CT molecular complexity index is 645. The molecular weight excluding hydrogens is 344 g/mol. The van der Waals surface area contributed by atoms with E-state index in [0.29, 0.717) is 25.6 Å². The van der Waals surface area contributed by atoms with Crippen LogP contribution in [0.1, 0.15) is 51.8 Å². The van der Waals surface area contributed by atoms with Crippen molar-refractivity contribution < 1.29 is 9.53 Å². The number of hydrogen-bond acceptors (Lipinski definition) is 4. The maximum absolute atomic E-state index is 12.0. The zero-order valence-corrected chi connectivity index (χ0v) is 18.3.